The topological polar surface area (TPSA) is 66.0 Å². The van der Waals surface area contributed by atoms with Crippen LogP contribution in [0, 0.1) is 0 Å². The van der Waals surface area contributed by atoms with E-state index in [0.29, 0.717) is 22.9 Å². The Morgan fingerprint density at radius 3 is 2.10 bits per heavy atom. The van der Waals surface area contributed by atoms with Gasteiger partial charge in [0.1, 0.15) is 5.75 Å². The van der Waals surface area contributed by atoms with Crippen molar-refractivity contribution in [2.45, 2.75) is 6.61 Å². The molecule has 3 rings (SSSR count). The van der Waals surface area contributed by atoms with E-state index in [1.165, 1.54) is 25.3 Å². The molecule has 0 aliphatic rings. The Bertz CT molecular complexity index is 1010. The van der Waals surface area contributed by atoms with E-state index in [1.54, 1.807) is 43.5 Å². The number of hydrogen-bond acceptors (Lipinski definition) is 5. The van der Waals surface area contributed by atoms with E-state index >= 15 is 0 Å². The molecule has 3 aromatic rings. The molecular formula is C22H19F2NO5. The van der Waals surface area contributed by atoms with Gasteiger partial charge in [-0.25, -0.2) is 0 Å². The number of rotatable bonds is 8. The highest BCUT2D eigenvalue weighted by atomic mass is 19.3. The summed E-state index contributed by atoms with van der Waals surface area (Å²) in [5.74, 6) is 1.09. The molecule has 0 fully saturated rings. The third-order valence-corrected chi connectivity index (χ3v) is 4.05. The molecule has 0 aliphatic heterocycles. The molecule has 1 amide bonds. The van der Waals surface area contributed by atoms with Gasteiger partial charge >= 0.3 is 6.61 Å². The van der Waals surface area contributed by atoms with Crippen LogP contribution in [0.1, 0.15) is 10.4 Å². The fourth-order valence-corrected chi connectivity index (χ4v) is 2.65. The molecule has 3 aromatic carbocycles. The smallest absolute Gasteiger partial charge is 0.387 e. The van der Waals surface area contributed by atoms with Gasteiger partial charge in [-0.2, -0.15) is 8.78 Å². The van der Waals surface area contributed by atoms with Gasteiger partial charge in [0, 0.05) is 11.3 Å². The Balaban J connectivity index is 1.70. The van der Waals surface area contributed by atoms with Crippen molar-refractivity contribution in [2.75, 3.05) is 19.5 Å². The lowest BCUT2D eigenvalue weighted by Gasteiger charge is -2.12. The number of amides is 1. The molecule has 8 heteroatoms. The fraction of sp³-hybridized carbons (Fsp3) is 0.136. The minimum absolute atomic E-state index is 0.102. The summed E-state index contributed by atoms with van der Waals surface area (Å²) in [4.78, 5) is 12.5. The molecule has 1 N–H and O–H groups in total. The maximum absolute atomic E-state index is 12.6. The number of halogens is 2. The lowest BCUT2D eigenvalue weighted by atomic mass is 10.2. The van der Waals surface area contributed by atoms with Gasteiger partial charge in [0.15, 0.2) is 23.0 Å². The molecule has 0 saturated carbocycles. The maximum Gasteiger partial charge on any atom is 0.387 e. The van der Waals surface area contributed by atoms with Crippen molar-refractivity contribution in [2.24, 2.45) is 0 Å². The molecule has 0 heterocycles. The highest BCUT2D eigenvalue weighted by molar-refractivity contribution is 6.04. The minimum Gasteiger partial charge on any atom is -0.493 e. The minimum atomic E-state index is -3.03. The van der Waals surface area contributed by atoms with Crippen LogP contribution >= 0.6 is 0 Å². The van der Waals surface area contributed by atoms with Gasteiger partial charge in [0.2, 0.25) is 0 Å². The largest absolute Gasteiger partial charge is 0.493 e. The monoisotopic (exact) mass is 415 g/mol. The van der Waals surface area contributed by atoms with E-state index in [1.807, 2.05) is 12.1 Å². The number of methoxy groups -OCH3 is 2. The molecule has 6 nitrogen and oxygen atoms in total. The number of hydrogen-bond donors (Lipinski definition) is 1. The maximum atomic E-state index is 12.6. The fourth-order valence-electron chi connectivity index (χ4n) is 2.65. The first-order valence-electron chi connectivity index (χ1n) is 8.85. The van der Waals surface area contributed by atoms with Gasteiger partial charge in [0.05, 0.1) is 14.2 Å². The van der Waals surface area contributed by atoms with Crippen LogP contribution in [-0.2, 0) is 0 Å². The van der Waals surface area contributed by atoms with E-state index in [-0.39, 0.29) is 17.1 Å². The van der Waals surface area contributed by atoms with Gasteiger partial charge < -0.3 is 24.3 Å². The summed E-state index contributed by atoms with van der Waals surface area (Å²) in [5, 5.41) is 2.69. The predicted octanol–water partition coefficient (Wildman–Crippen LogP) is 5.35. The summed E-state index contributed by atoms with van der Waals surface area (Å²) in [6.45, 7) is -3.03. The Labute approximate surface area is 172 Å². The zero-order valence-electron chi connectivity index (χ0n) is 16.2. The molecule has 0 unspecified atom stereocenters. The first kappa shape index (κ1) is 20.9. The van der Waals surface area contributed by atoms with Crippen LogP contribution in [0.15, 0.2) is 66.7 Å². The average Bonchev–Trinajstić information content (AvgIpc) is 2.75. The standard InChI is InChI=1S/C22H19F2NO5/c1-27-17-5-3-4-6-19(17)29-16-10-8-15(9-11-16)25-21(26)14-7-12-18(28-2)20(13-14)30-22(23)24/h3-13,22H,1-2H3,(H,25,26). The Kier molecular flexibility index (Phi) is 6.69. The Morgan fingerprint density at radius 2 is 1.47 bits per heavy atom. The Hall–Kier alpha value is -3.81. The number of para-hydroxylation sites is 2. The number of benzene rings is 3. The molecule has 0 aromatic heterocycles. The van der Waals surface area contributed by atoms with Crippen LogP contribution in [0.25, 0.3) is 0 Å². The Morgan fingerprint density at radius 1 is 0.833 bits per heavy atom. The summed E-state index contributed by atoms with van der Waals surface area (Å²) in [7, 11) is 2.87. The second-order valence-corrected chi connectivity index (χ2v) is 5.98. The number of ether oxygens (including phenoxy) is 4. The summed E-state index contributed by atoms with van der Waals surface area (Å²) in [6, 6.07) is 17.9. The van der Waals surface area contributed by atoms with Crippen molar-refractivity contribution in [1.82, 2.24) is 0 Å². The lowest BCUT2D eigenvalue weighted by Crippen LogP contribution is -2.12. The van der Waals surface area contributed by atoms with E-state index < -0.39 is 12.5 Å². The SMILES string of the molecule is COc1ccccc1Oc1ccc(NC(=O)c2ccc(OC)c(OC(F)F)c2)cc1. The molecular weight excluding hydrogens is 396 g/mol. The highest BCUT2D eigenvalue weighted by Crippen LogP contribution is 2.32. The average molecular weight is 415 g/mol. The van der Waals surface area contributed by atoms with Gasteiger partial charge in [0.25, 0.3) is 5.91 Å². The second-order valence-electron chi connectivity index (χ2n) is 5.98. The van der Waals surface area contributed by atoms with Crippen LogP contribution in [0.4, 0.5) is 14.5 Å². The van der Waals surface area contributed by atoms with Crippen molar-refractivity contribution in [3.05, 3.63) is 72.3 Å². The first-order valence-corrected chi connectivity index (χ1v) is 8.85. The molecule has 0 atom stereocenters. The normalized spacial score (nSPS) is 10.4. The number of nitrogens with one attached hydrogen (secondary N) is 1. The van der Waals surface area contributed by atoms with Crippen molar-refractivity contribution in [1.29, 1.82) is 0 Å². The molecule has 0 spiro atoms. The van der Waals surface area contributed by atoms with Crippen LogP contribution < -0.4 is 24.3 Å². The van der Waals surface area contributed by atoms with Crippen LogP contribution in [0.2, 0.25) is 0 Å². The second kappa shape index (κ2) is 9.60. The van der Waals surface area contributed by atoms with Gasteiger partial charge in [-0.15, -0.1) is 0 Å². The summed E-state index contributed by atoms with van der Waals surface area (Å²) < 4.78 is 45.5. The summed E-state index contributed by atoms with van der Waals surface area (Å²) >= 11 is 0. The van der Waals surface area contributed by atoms with E-state index in [2.05, 4.69) is 10.1 Å². The third kappa shape index (κ3) is 5.16. The molecule has 0 bridgehead atoms. The summed E-state index contributed by atoms with van der Waals surface area (Å²) in [5.41, 5.74) is 0.639. The predicted molar refractivity (Wildman–Crippen MR) is 107 cm³/mol. The number of carbonyl (C=O) groups excluding carboxylic acids is 1. The van der Waals surface area contributed by atoms with Crippen LogP contribution in [-0.4, -0.2) is 26.7 Å². The van der Waals surface area contributed by atoms with Gasteiger partial charge in [-0.1, -0.05) is 12.1 Å². The van der Waals surface area contributed by atoms with Crippen LogP contribution in [0.5, 0.6) is 28.7 Å². The van der Waals surface area contributed by atoms with E-state index in [9.17, 15) is 13.6 Å². The van der Waals surface area contributed by atoms with Gasteiger partial charge in [-0.05, 0) is 54.6 Å². The lowest BCUT2D eigenvalue weighted by molar-refractivity contribution is -0.0512. The third-order valence-electron chi connectivity index (χ3n) is 4.05. The molecule has 0 aliphatic carbocycles. The van der Waals surface area contributed by atoms with Crippen molar-refractivity contribution in [3.8, 4) is 28.7 Å². The number of anilines is 1. The molecule has 0 radical (unpaired) electrons. The molecule has 0 saturated heterocycles. The quantitative estimate of drug-likeness (QED) is 0.537. The highest BCUT2D eigenvalue weighted by Gasteiger charge is 2.15. The first-order chi connectivity index (χ1) is 14.5. The zero-order valence-corrected chi connectivity index (χ0v) is 16.2. The zero-order chi connectivity index (χ0) is 21.5. The molecule has 156 valence electrons. The number of alkyl halides is 2. The van der Waals surface area contributed by atoms with Crippen LogP contribution in [0.3, 0.4) is 0 Å². The number of carbonyl (C=O) groups is 1. The molecule has 30 heavy (non-hydrogen) atoms. The van der Waals surface area contributed by atoms with Crippen molar-refractivity contribution < 1.29 is 32.5 Å². The van der Waals surface area contributed by atoms with E-state index in [0.717, 1.165) is 0 Å². The summed E-state index contributed by atoms with van der Waals surface area (Å²) in [6.07, 6.45) is 0. The van der Waals surface area contributed by atoms with Crippen molar-refractivity contribution in [3.63, 3.8) is 0 Å². The van der Waals surface area contributed by atoms with E-state index in [4.69, 9.17) is 14.2 Å². The van der Waals surface area contributed by atoms with Crippen molar-refractivity contribution >= 4 is 11.6 Å². The van der Waals surface area contributed by atoms with Gasteiger partial charge in [-0.3, -0.25) is 4.79 Å².